The lowest BCUT2D eigenvalue weighted by Crippen LogP contribution is -2.37. The highest BCUT2D eigenvalue weighted by Crippen LogP contribution is 2.28. The Kier molecular flexibility index (Phi) is 6.29. The van der Waals surface area contributed by atoms with Crippen LogP contribution in [-0.2, 0) is 11.3 Å². The number of imidazole rings is 1. The van der Waals surface area contributed by atoms with E-state index in [-0.39, 0.29) is 0 Å². The molecule has 36 heavy (non-hydrogen) atoms. The topological polar surface area (TPSA) is 111 Å². The number of alkyl halides is 2. The van der Waals surface area contributed by atoms with Gasteiger partial charge in [0.15, 0.2) is 17.0 Å². The van der Waals surface area contributed by atoms with Crippen molar-refractivity contribution in [1.82, 2.24) is 39.6 Å². The predicted octanol–water partition coefficient (Wildman–Crippen LogP) is 2.69. The summed E-state index contributed by atoms with van der Waals surface area (Å²) >= 11 is 1.64. The maximum absolute atomic E-state index is 13.1. The summed E-state index contributed by atoms with van der Waals surface area (Å²) in [7, 11) is 0. The zero-order valence-corrected chi connectivity index (χ0v) is 20.1. The fourth-order valence-electron chi connectivity index (χ4n) is 4.20. The molecule has 11 nitrogen and oxygen atoms in total. The number of anilines is 2. The molecule has 0 bridgehead atoms. The van der Waals surface area contributed by atoms with E-state index in [1.165, 1.54) is 18.0 Å². The second-order valence-electron chi connectivity index (χ2n) is 8.38. The van der Waals surface area contributed by atoms with Crippen LogP contribution in [-0.4, -0.2) is 73.7 Å². The molecule has 4 aromatic rings. The third-order valence-electron chi connectivity index (χ3n) is 6.05. The van der Waals surface area contributed by atoms with Crippen molar-refractivity contribution in [1.29, 1.82) is 0 Å². The van der Waals surface area contributed by atoms with E-state index in [0.29, 0.717) is 66.1 Å². The number of aromatic nitrogens is 7. The van der Waals surface area contributed by atoms with E-state index in [4.69, 9.17) is 14.7 Å². The molecule has 0 saturated carbocycles. The molecule has 0 amide bonds. The number of rotatable bonds is 7. The minimum absolute atomic E-state index is 0.439. The van der Waals surface area contributed by atoms with Crippen molar-refractivity contribution in [3.8, 4) is 5.69 Å². The van der Waals surface area contributed by atoms with Gasteiger partial charge >= 0.3 is 6.55 Å². The highest BCUT2D eigenvalue weighted by molar-refractivity contribution is 7.12. The first kappa shape index (κ1) is 22.9. The number of thiazole rings is 1. The largest absolute Gasteiger partial charge is 0.378 e. The van der Waals surface area contributed by atoms with Crippen molar-refractivity contribution in [3.63, 3.8) is 0 Å². The Morgan fingerprint density at radius 3 is 2.83 bits per heavy atom. The summed E-state index contributed by atoms with van der Waals surface area (Å²) in [6.45, 7) is 2.06. The van der Waals surface area contributed by atoms with Gasteiger partial charge in [-0.25, -0.2) is 14.6 Å². The molecule has 0 aliphatic carbocycles. The third kappa shape index (κ3) is 4.54. The van der Waals surface area contributed by atoms with Crippen LogP contribution in [0.1, 0.15) is 22.9 Å². The highest BCUT2D eigenvalue weighted by atomic mass is 32.1. The van der Waals surface area contributed by atoms with Gasteiger partial charge in [0, 0.05) is 25.8 Å². The summed E-state index contributed by atoms with van der Waals surface area (Å²) in [6, 6.07) is 0. The molecule has 188 valence electrons. The molecule has 0 radical (unpaired) electrons. The Labute approximate surface area is 208 Å². The fraction of sp³-hybridized carbons (Fsp3) is 0.409. The van der Waals surface area contributed by atoms with E-state index < -0.39 is 6.55 Å². The number of ether oxygens (including phenoxy) is 1. The van der Waals surface area contributed by atoms with Crippen LogP contribution in [0.4, 0.5) is 20.5 Å². The predicted molar refractivity (Wildman–Crippen MR) is 132 cm³/mol. The van der Waals surface area contributed by atoms with Gasteiger partial charge in [-0.15, -0.1) is 11.3 Å². The third-order valence-corrected chi connectivity index (χ3v) is 7.12. The smallest absolute Gasteiger partial charge is 0.333 e. The second-order valence-corrected chi connectivity index (χ2v) is 9.50. The molecule has 14 heteroatoms. The van der Waals surface area contributed by atoms with Crippen LogP contribution < -0.4 is 15.5 Å². The number of nitrogens with zero attached hydrogens (tertiary/aromatic N) is 8. The van der Waals surface area contributed by atoms with Gasteiger partial charge in [0.1, 0.15) is 11.3 Å². The molecule has 0 aromatic carbocycles. The summed E-state index contributed by atoms with van der Waals surface area (Å²) in [4.78, 5) is 21.8. The fourth-order valence-corrected chi connectivity index (χ4v) is 5.09. The Morgan fingerprint density at radius 2 is 2.06 bits per heavy atom. The van der Waals surface area contributed by atoms with Crippen molar-refractivity contribution < 1.29 is 13.5 Å². The van der Waals surface area contributed by atoms with Crippen LogP contribution in [0.5, 0.6) is 0 Å². The van der Waals surface area contributed by atoms with E-state index in [1.54, 1.807) is 22.2 Å². The lowest BCUT2D eigenvalue weighted by molar-refractivity contribution is 0.0566. The van der Waals surface area contributed by atoms with Crippen LogP contribution >= 0.6 is 11.3 Å². The molecule has 6 rings (SSSR count). The van der Waals surface area contributed by atoms with Crippen molar-refractivity contribution in [3.05, 3.63) is 40.9 Å². The van der Waals surface area contributed by atoms with Crippen molar-refractivity contribution in [2.45, 2.75) is 19.5 Å². The van der Waals surface area contributed by atoms with Gasteiger partial charge in [-0.3, -0.25) is 4.57 Å². The molecule has 4 aromatic heterocycles. The van der Waals surface area contributed by atoms with Gasteiger partial charge in [-0.1, -0.05) is 6.08 Å². The molecule has 0 spiro atoms. The zero-order chi connectivity index (χ0) is 24.5. The average molecular weight is 515 g/mol. The van der Waals surface area contributed by atoms with E-state index in [9.17, 15) is 8.78 Å². The quantitative estimate of drug-likeness (QED) is 0.385. The molecule has 2 aliphatic heterocycles. The van der Waals surface area contributed by atoms with Crippen LogP contribution in [0.15, 0.2) is 31.0 Å². The molecule has 2 N–H and O–H groups in total. The summed E-state index contributed by atoms with van der Waals surface area (Å²) in [6.07, 6.45) is 9.36. The Balaban J connectivity index is 1.32. The number of hydrogen-bond donors (Lipinski definition) is 2. The summed E-state index contributed by atoms with van der Waals surface area (Å²) < 4.78 is 33.9. The molecular formula is C22H24F2N10OS. The van der Waals surface area contributed by atoms with Crippen molar-refractivity contribution in [2.75, 3.05) is 49.6 Å². The molecule has 2 aliphatic rings. The van der Waals surface area contributed by atoms with Crippen LogP contribution in [0.3, 0.4) is 0 Å². The van der Waals surface area contributed by atoms with E-state index in [0.717, 1.165) is 29.4 Å². The first-order valence-corrected chi connectivity index (χ1v) is 12.5. The van der Waals surface area contributed by atoms with Crippen LogP contribution in [0.2, 0.25) is 0 Å². The maximum Gasteiger partial charge on any atom is 0.333 e. The van der Waals surface area contributed by atoms with Gasteiger partial charge in [0.25, 0.3) is 0 Å². The molecular weight excluding hydrogens is 490 g/mol. The lowest BCUT2D eigenvalue weighted by atomic mass is 10.1. The maximum atomic E-state index is 13.1. The zero-order valence-electron chi connectivity index (χ0n) is 19.3. The number of hydrogen-bond acceptors (Lipinski definition) is 10. The monoisotopic (exact) mass is 514 g/mol. The van der Waals surface area contributed by atoms with Crippen LogP contribution in [0.25, 0.3) is 22.4 Å². The Hall–Kier alpha value is -3.49. The standard InChI is InChI=1S/C22H24F2N10OS/c23-21(24)34-12-15(9-29-34)33-13-28-18-19(30-22(31-20(18)33)32-4-6-35-7-5-32)27-11-17-26-10-16(36-17)14-2-1-3-25-8-14/h2,9-10,12-13,21,25H,1,3-8,11H2,(H,27,30,31). The van der Waals surface area contributed by atoms with Gasteiger partial charge in [0.2, 0.25) is 5.95 Å². The van der Waals surface area contributed by atoms with Gasteiger partial charge in [-0.05, 0) is 18.5 Å². The van der Waals surface area contributed by atoms with Gasteiger partial charge < -0.3 is 20.3 Å². The average Bonchev–Trinajstić information content (AvgIpc) is 3.68. The SMILES string of the molecule is FC(F)n1cc(-n2cnc3c(NCc4ncc(C5=CCCNC5)s4)nc(N4CCOCC4)nc32)cn1. The first-order chi connectivity index (χ1) is 17.7. The minimum Gasteiger partial charge on any atom is -0.378 e. The number of halogens is 2. The van der Waals surface area contributed by atoms with E-state index >= 15 is 0 Å². The summed E-state index contributed by atoms with van der Waals surface area (Å²) in [5.74, 6) is 1.08. The number of morpholine rings is 1. The molecule has 0 atom stereocenters. The molecule has 1 fully saturated rings. The molecule has 6 heterocycles. The Morgan fingerprint density at radius 1 is 1.17 bits per heavy atom. The number of nitrogens with one attached hydrogen (secondary N) is 2. The molecule has 0 unspecified atom stereocenters. The summed E-state index contributed by atoms with van der Waals surface area (Å²) in [5, 5.41) is 11.4. The van der Waals surface area contributed by atoms with E-state index in [1.807, 2.05) is 11.1 Å². The first-order valence-electron chi connectivity index (χ1n) is 11.6. The van der Waals surface area contributed by atoms with E-state index in [2.05, 4.69) is 31.8 Å². The Bertz CT molecular complexity index is 1390. The lowest BCUT2D eigenvalue weighted by Gasteiger charge is -2.27. The normalized spacial score (nSPS) is 16.6. The van der Waals surface area contributed by atoms with Gasteiger partial charge in [-0.2, -0.15) is 23.8 Å². The highest BCUT2D eigenvalue weighted by Gasteiger charge is 2.21. The summed E-state index contributed by atoms with van der Waals surface area (Å²) in [5.41, 5.74) is 2.75. The number of fused-ring (bicyclic) bond motifs is 1. The van der Waals surface area contributed by atoms with Gasteiger partial charge in [0.05, 0.1) is 42.7 Å². The second kappa shape index (κ2) is 9.87. The van der Waals surface area contributed by atoms with Crippen molar-refractivity contribution >= 4 is 39.8 Å². The van der Waals surface area contributed by atoms with Crippen molar-refractivity contribution in [2.24, 2.45) is 0 Å². The minimum atomic E-state index is -2.73. The van der Waals surface area contributed by atoms with Crippen LogP contribution in [0, 0.1) is 0 Å². The molecule has 1 saturated heterocycles.